The minimum atomic E-state index is 0.812. The molecular weight excluding hydrogens is 432 g/mol. The first-order valence-electron chi connectivity index (χ1n) is 13.1. The molecule has 1 aliphatic rings. The van der Waals surface area contributed by atoms with Crippen molar-refractivity contribution < 1.29 is 4.74 Å². The van der Waals surface area contributed by atoms with Gasteiger partial charge in [-0.1, -0.05) is 32.0 Å². The number of likely N-dealkylation sites (N-methyl/N-ethyl adjacent to an activating group) is 1. The van der Waals surface area contributed by atoms with E-state index in [9.17, 15) is 0 Å². The fourth-order valence-corrected chi connectivity index (χ4v) is 5.28. The molecule has 1 saturated carbocycles. The number of fused-ring (bicyclic) bond motifs is 3. The van der Waals surface area contributed by atoms with Crippen LogP contribution < -0.4 is 9.64 Å². The number of ether oxygens (including phenoxy) is 1. The maximum Gasteiger partial charge on any atom is 0.147 e. The molecule has 0 amide bonds. The number of aromatic nitrogens is 2. The molecule has 5 heteroatoms. The van der Waals surface area contributed by atoms with Crippen LogP contribution in [0.2, 0.25) is 0 Å². The molecule has 0 saturated heterocycles. The predicted octanol–water partition coefficient (Wildman–Crippen LogP) is 6.36. The molecule has 0 N–H and O–H groups in total. The Hall–Kier alpha value is -3.05. The van der Waals surface area contributed by atoms with Gasteiger partial charge in [-0.3, -0.25) is 4.57 Å². The Labute approximate surface area is 209 Å². The van der Waals surface area contributed by atoms with Crippen molar-refractivity contribution in [3.63, 3.8) is 0 Å². The second kappa shape index (κ2) is 9.90. The molecule has 0 radical (unpaired) electrons. The minimum absolute atomic E-state index is 0.812. The first-order valence-corrected chi connectivity index (χ1v) is 13.1. The Balaban J connectivity index is 1.72. The van der Waals surface area contributed by atoms with Crippen LogP contribution in [0.25, 0.3) is 27.6 Å². The molecule has 0 bridgehead atoms. The highest BCUT2D eigenvalue weighted by molar-refractivity contribution is 6.14. The van der Waals surface area contributed by atoms with Crippen LogP contribution in [-0.2, 0) is 0 Å². The maximum absolute atomic E-state index is 5.48. The zero-order valence-corrected chi connectivity index (χ0v) is 21.8. The third kappa shape index (κ3) is 4.62. The second-order valence-electron chi connectivity index (χ2n) is 9.90. The van der Waals surface area contributed by atoms with Crippen LogP contribution in [0, 0.1) is 19.8 Å². The largest absolute Gasteiger partial charge is 0.497 e. The average molecular weight is 471 g/mol. The molecule has 2 aromatic carbocycles. The number of para-hydroxylation sites is 1. The molecule has 184 valence electrons. The molecule has 1 fully saturated rings. The number of aryl methyl sites for hydroxylation is 2. The van der Waals surface area contributed by atoms with E-state index < -0.39 is 0 Å². The van der Waals surface area contributed by atoms with Crippen molar-refractivity contribution in [2.45, 2.75) is 40.5 Å². The lowest BCUT2D eigenvalue weighted by Gasteiger charge is -2.29. The standard InChI is InChI=1S/C30H38N4O/c1-6-32(7-2)16-17-33(20-23-12-13-23)28-19-22(4)31-30-29(28)25-10-8-9-11-27(25)34(30)26-15-14-24(35-5)18-21(26)3/h8-11,14-15,18-19,23H,6-7,12-13,16-17,20H2,1-5H3. The topological polar surface area (TPSA) is 33.5 Å². The van der Waals surface area contributed by atoms with Crippen molar-refractivity contribution in [1.29, 1.82) is 0 Å². The monoisotopic (exact) mass is 470 g/mol. The summed E-state index contributed by atoms with van der Waals surface area (Å²) in [4.78, 5) is 10.3. The summed E-state index contributed by atoms with van der Waals surface area (Å²) in [6, 6.07) is 17.4. The number of benzene rings is 2. The Morgan fingerprint density at radius 2 is 1.77 bits per heavy atom. The van der Waals surface area contributed by atoms with E-state index in [4.69, 9.17) is 9.72 Å². The van der Waals surface area contributed by atoms with Gasteiger partial charge in [-0.2, -0.15) is 0 Å². The predicted molar refractivity (Wildman–Crippen MR) is 147 cm³/mol. The molecule has 5 rings (SSSR count). The van der Waals surface area contributed by atoms with Crippen molar-refractivity contribution in [1.82, 2.24) is 14.5 Å². The van der Waals surface area contributed by atoms with E-state index in [2.05, 4.69) is 84.5 Å². The molecule has 0 spiro atoms. The lowest BCUT2D eigenvalue weighted by molar-refractivity contribution is 0.309. The summed E-state index contributed by atoms with van der Waals surface area (Å²) in [6.45, 7) is 14.2. The Morgan fingerprint density at radius 1 is 1.00 bits per heavy atom. The molecular formula is C30H38N4O. The molecule has 2 aromatic heterocycles. The molecule has 35 heavy (non-hydrogen) atoms. The first kappa shape index (κ1) is 23.7. The Kier molecular flexibility index (Phi) is 6.70. The van der Waals surface area contributed by atoms with E-state index in [1.165, 1.54) is 40.4 Å². The summed E-state index contributed by atoms with van der Waals surface area (Å²) in [5.41, 5.74) is 6.95. The summed E-state index contributed by atoms with van der Waals surface area (Å²) in [6.07, 6.45) is 2.70. The van der Waals surface area contributed by atoms with Gasteiger partial charge in [-0.05, 0) is 81.6 Å². The third-order valence-electron chi connectivity index (χ3n) is 7.48. The van der Waals surface area contributed by atoms with E-state index in [0.717, 1.165) is 61.4 Å². The fourth-order valence-electron chi connectivity index (χ4n) is 5.28. The molecule has 0 aliphatic heterocycles. The van der Waals surface area contributed by atoms with Gasteiger partial charge in [0, 0.05) is 30.7 Å². The first-order chi connectivity index (χ1) is 17.0. The van der Waals surface area contributed by atoms with Gasteiger partial charge in [0.05, 0.1) is 29.4 Å². The number of methoxy groups -OCH3 is 1. The molecule has 4 aromatic rings. The van der Waals surface area contributed by atoms with Gasteiger partial charge in [0.1, 0.15) is 11.4 Å². The number of pyridine rings is 1. The summed E-state index contributed by atoms with van der Waals surface area (Å²) in [5.74, 6) is 1.69. The third-order valence-corrected chi connectivity index (χ3v) is 7.48. The number of nitrogens with zero attached hydrogens (tertiary/aromatic N) is 4. The average Bonchev–Trinajstić information content (AvgIpc) is 3.63. The van der Waals surface area contributed by atoms with Gasteiger partial charge in [-0.25, -0.2) is 4.98 Å². The van der Waals surface area contributed by atoms with Crippen LogP contribution in [0.4, 0.5) is 5.69 Å². The van der Waals surface area contributed by atoms with Gasteiger partial charge in [0.25, 0.3) is 0 Å². The zero-order chi connectivity index (χ0) is 24.5. The van der Waals surface area contributed by atoms with Crippen LogP contribution in [0.3, 0.4) is 0 Å². The summed E-state index contributed by atoms with van der Waals surface area (Å²) in [5, 5.41) is 2.53. The number of rotatable bonds is 10. The van der Waals surface area contributed by atoms with E-state index in [1.807, 2.05) is 6.07 Å². The van der Waals surface area contributed by atoms with E-state index in [0.29, 0.717) is 0 Å². The van der Waals surface area contributed by atoms with E-state index in [-0.39, 0.29) is 0 Å². The molecule has 0 atom stereocenters. The molecule has 2 heterocycles. The van der Waals surface area contributed by atoms with Gasteiger partial charge >= 0.3 is 0 Å². The normalized spacial score (nSPS) is 13.8. The van der Waals surface area contributed by atoms with Crippen molar-refractivity contribution >= 4 is 27.6 Å². The van der Waals surface area contributed by atoms with Gasteiger partial charge in [0.2, 0.25) is 0 Å². The van der Waals surface area contributed by atoms with E-state index >= 15 is 0 Å². The molecule has 1 aliphatic carbocycles. The highest BCUT2D eigenvalue weighted by Gasteiger charge is 2.27. The van der Waals surface area contributed by atoms with Crippen LogP contribution in [0.15, 0.2) is 48.5 Å². The van der Waals surface area contributed by atoms with Crippen molar-refractivity contribution in [3.05, 3.63) is 59.8 Å². The Morgan fingerprint density at radius 3 is 2.46 bits per heavy atom. The number of hydrogen-bond donors (Lipinski definition) is 0. The van der Waals surface area contributed by atoms with Crippen molar-refractivity contribution in [2.24, 2.45) is 5.92 Å². The van der Waals surface area contributed by atoms with Gasteiger partial charge < -0.3 is 14.5 Å². The van der Waals surface area contributed by atoms with Crippen LogP contribution >= 0.6 is 0 Å². The molecule has 0 unspecified atom stereocenters. The quantitative estimate of drug-likeness (QED) is 0.270. The lowest BCUT2D eigenvalue weighted by atomic mass is 10.1. The highest BCUT2D eigenvalue weighted by Crippen LogP contribution is 2.40. The van der Waals surface area contributed by atoms with Crippen molar-refractivity contribution in [3.8, 4) is 11.4 Å². The van der Waals surface area contributed by atoms with Crippen LogP contribution in [-0.4, -0.2) is 54.3 Å². The Bertz CT molecular complexity index is 1330. The zero-order valence-electron chi connectivity index (χ0n) is 21.8. The summed E-state index contributed by atoms with van der Waals surface area (Å²) < 4.78 is 7.83. The molecule has 5 nitrogen and oxygen atoms in total. The van der Waals surface area contributed by atoms with Crippen molar-refractivity contribution in [2.75, 3.05) is 44.7 Å². The fraction of sp³-hybridized carbons (Fsp3) is 0.433. The summed E-state index contributed by atoms with van der Waals surface area (Å²) >= 11 is 0. The maximum atomic E-state index is 5.48. The summed E-state index contributed by atoms with van der Waals surface area (Å²) in [7, 11) is 1.72. The number of anilines is 1. The number of hydrogen-bond acceptors (Lipinski definition) is 4. The van der Waals surface area contributed by atoms with Crippen LogP contribution in [0.1, 0.15) is 37.9 Å². The van der Waals surface area contributed by atoms with Gasteiger partial charge in [-0.15, -0.1) is 0 Å². The SMILES string of the molecule is CCN(CC)CCN(CC1CC1)c1cc(C)nc2c1c1ccccc1n2-c1ccc(OC)cc1C. The smallest absolute Gasteiger partial charge is 0.147 e. The highest BCUT2D eigenvalue weighted by atomic mass is 16.5. The second-order valence-corrected chi connectivity index (χ2v) is 9.90. The minimum Gasteiger partial charge on any atom is -0.497 e. The van der Waals surface area contributed by atoms with E-state index in [1.54, 1.807) is 7.11 Å². The van der Waals surface area contributed by atoms with Gasteiger partial charge in [0.15, 0.2) is 0 Å². The lowest BCUT2D eigenvalue weighted by Crippen LogP contribution is -2.36. The van der Waals surface area contributed by atoms with Crippen LogP contribution in [0.5, 0.6) is 5.75 Å².